The minimum absolute atomic E-state index is 0.180. The lowest BCUT2D eigenvalue weighted by atomic mass is 10.1. The SMILES string of the molecule is CC.CN(C)Cc1cccc(NS(=O)(=O)c2ccc(-c3ccc(Cl)cc3Cl)cc2)c1. The molecule has 0 fully saturated rings. The van der Waals surface area contributed by atoms with Crippen LogP contribution >= 0.6 is 23.2 Å². The molecular weight excluding hydrogens is 439 g/mol. The Kier molecular flexibility index (Phi) is 8.74. The molecule has 0 aliphatic rings. The lowest BCUT2D eigenvalue weighted by Gasteiger charge is -2.13. The molecule has 30 heavy (non-hydrogen) atoms. The molecule has 0 amide bonds. The van der Waals surface area contributed by atoms with Gasteiger partial charge in [0.15, 0.2) is 0 Å². The van der Waals surface area contributed by atoms with E-state index in [1.165, 1.54) is 0 Å². The van der Waals surface area contributed by atoms with Gasteiger partial charge in [-0.1, -0.05) is 67.4 Å². The van der Waals surface area contributed by atoms with Gasteiger partial charge in [0.2, 0.25) is 0 Å². The Hall–Kier alpha value is -2.05. The van der Waals surface area contributed by atoms with E-state index in [4.69, 9.17) is 23.2 Å². The highest BCUT2D eigenvalue weighted by atomic mass is 35.5. The average molecular weight is 465 g/mol. The van der Waals surface area contributed by atoms with Crippen molar-refractivity contribution in [2.24, 2.45) is 0 Å². The highest BCUT2D eigenvalue weighted by Crippen LogP contribution is 2.31. The number of nitrogens with zero attached hydrogens (tertiary/aromatic N) is 1. The first-order valence-corrected chi connectivity index (χ1v) is 11.8. The second-order valence-corrected chi connectivity index (χ2v) is 9.22. The van der Waals surface area contributed by atoms with Gasteiger partial charge in [-0.05, 0) is 61.6 Å². The molecule has 0 radical (unpaired) electrons. The minimum Gasteiger partial charge on any atom is -0.305 e. The molecule has 3 aromatic carbocycles. The van der Waals surface area contributed by atoms with E-state index in [1.54, 1.807) is 42.5 Å². The summed E-state index contributed by atoms with van der Waals surface area (Å²) in [6.45, 7) is 4.73. The molecule has 0 heterocycles. The minimum atomic E-state index is -3.69. The molecule has 3 aromatic rings. The highest BCUT2D eigenvalue weighted by molar-refractivity contribution is 7.92. The Morgan fingerprint density at radius 2 is 1.57 bits per heavy atom. The van der Waals surface area contributed by atoms with Gasteiger partial charge in [0.05, 0.1) is 4.90 Å². The summed E-state index contributed by atoms with van der Waals surface area (Å²) in [6, 6.07) is 19.2. The van der Waals surface area contributed by atoms with Gasteiger partial charge in [-0.2, -0.15) is 0 Å². The number of hydrogen-bond donors (Lipinski definition) is 1. The molecule has 0 saturated carbocycles. The molecule has 0 unspecified atom stereocenters. The Labute approximate surface area is 189 Å². The number of halogens is 2. The molecule has 0 aliphatic carbocycles. The van der Waals surface area contributed by atoms with Crippen LogP contribution in [0.5, 0.6) is 0 Å². The second kappa shape index (κ2) is 10.8. The van der Waals surface area contributed by atoms with Crippen LogP contribution in [0.1, 0.15) is 19.4 Å². The summed E-state index contributed by atoms with van der Waals surface area (Å²) in [5, 5.41) is 1.06. The predicted octanol–water partition coefficient (Wildman–Crippen LogP) is 6.55. The van der Waals surface area contributed by atoms with Gasteiger partial charge in [0, 0.05) is 27.8 Å². The summed E-state index contributed by atoms with van der Waals surface area (Å²) in [5.41, 5.74) is 3.16. The largest absolute Gasteiger partial charge is 0.305 e. The number of rotatable bonds is 6. The number of anilines is 1. The van der Waals surface area contributed by atoms with E-state index in [2.05, 4.69) is 4.72 Å². The molecule has 0 spiro atoms. The standard InChI is InChI=1S/C21H20Cl2N2O2S.C2H6/c1-25(2)14-15-4-3-5-18(12-15)24-28(26,27)19-9-6-16(7-10-19)20-11-8-17(22)13-21(20)23;1-2/h3-13,24H,14H2,1-2H3;1-2H3. The quantitative estimate of drug-likeness (QED) is 0.449. The van der Waals surface area contributed by atoms with Crippen molar-refractivity contribution in [1.82, 2.24) is 4.90 Å². The monoisotopic (exact) mass is 464 g/mol. The van der Waals surface area contributed by atoms with E-state index in [0.29, 0.717) is 15.7 Å². The molecular formula is C23H26Cl2N2O2S. The summed E-state index contributed by atoms with van der Waals surface area (Å²) in [6.07, 6.45) is 0. The van der Waals surface area contributed by atoms with Crippen molar-refractivity contribution < 1.29 is 8.42 Å². The van der Waals surface area contributed by atoms with Crippen LogP contribution in [0.3, 0.4) is 0 Å². The Balaban J connectivity index is 0.00000155. The average Bonchev–Trinajstić information content (AvgIpc) is 2.69. The fourth-order valence-electron chi connectivity index (χ4n) is 2.85. The lowest BCUT2D eigenvalue weighted by Crippen LogP contribution is -2.14. The summed E-state index contributed by atoms with van der Waals surface area (Å²) in [7, 11) is 0.235. The van der Waals surface area contributed by atoms with Crippen LogP contribution in [-0.2, 0) is 16.6 Å². The van der Waals surface area contributed by atoms with Crippen molar-refractivity contribution in [3.8, 4) is 11.1 Å². The summed E-state index contributed by atoms with van der Waals surface area (Å²) >= 11 is 12.2. The van der Waals surface area contributed by atoms with Crippen LogP contribution in [0, 0.1) is 0 Å². The van der Waals surface area contributed by atoms with Crippen molar-refractivity contribution in [3.05, 3.63) is 82.3 Å². The van der Waals surface area contributed by atoms with E-state index in [9.17, 15) is 8.42 Å². The molecule has 0 atom stereocenters. The summed E-state index contributed by atoms with van der Waals surface area (Å²) < 4.78 is 28.1. The first-order chi connectivity index (χ1) is 14.2. The van der Waals surface area contributed by atoms with Crippen molar-refractivity contribution >= 4 is 38.9 Å². The number of nitrogens with one attached hydrogen (secondary N) is 1. The molecule has 0 saturated heterocycles. The van der Waals surface area contributed by atoms with E-state index < -0.39 is 10.0 Å². The summed E-state index contributed by atoms with van der Waals surface area (Å²) in [4.78, 5) is 2.20. The van der Waals surface area contributed by atoms with Gasteiger partial charge in [0.1, 0.15) is 0 Å². The zero-order chi connectivity index (χ0) is 22.3. The van der Waals surface area contributed by atoms with E-state index in [-0.39, 0.29) is 4.90 Å². The van der Waals surface area contributed by atoms with Crippen LogP contribution in [0.4, 0.5) is 5.69 Å². The maximum Gasteiger partial charge on any atom is 0.261 e. The molecule has 0 aliphatic heterocycles. The fourth-order valence-corrected chi connectivity index (χ4v) is 4.42. The molecule has 0 bridgehead atoms. The van der Waals surface area contributed by atoms with Crippen LogP contribution in [0.25, 0.3) is 11.1 Å². The maximum atomic E-state index is 12.7. The van der Waals surface area contributed by atoms with Crippen LogP contribution in [0.15, 0.2) is 71.6 Å². The Bertz CT molecular complexity index is 1080. The molecule has 0 aromatic heterocycles. The number of hydrogen-bond acceptors (Lipinski definition) is 3. The normalized spacial score (nSPS) is 11.0. The first-order valence-electron chi connectivity index (χ1n) is 9.56. The molecule has 4 nitrogen and oxygen atoms in total. The third-order valence-electron chi connectivity index (χ3n) is 4.08. The molecule has 160 valence electrons. The smallest absolute Gasteiger partial charge is 0.261 e. The third kappa shape index (κ3) is 6.47. The lowest BCUT2D eigenvalue weighted by molar-refractivity contribution is 0.402. The third-order valence-corrected chi connectivity index (χ3v) is 6.03. The van der Waals surface area contributed by atoms with Gasteiger partial charge in [-0.25, -0.2) is 8.42 Å². The van der Waals surface area contributed by atoms with Crippen molar-refractivity contribution in [2.45, 2.75) is 25.3 Å². The molecule has 3 rings (SSSR count). The fraction of sp³-hybridized carbons (Fsp3) is 0.217. The first kappa shape index (κ1) is 24.2. The van der Waals surface area contributed by atoms with Crippen LogP contribution < -0.4 is 4.72 Å². The van der Waals surface area contributed by atoms with Crippen molar-refractivity contribution in [1.29, 1.82) is 0 Å². The second-order valence-electron chi connectivity index (χ2n) is 6.69. The van der Waals surface area contributed by atoms with E-state index >= 15 is 0 Å². The van der Waals surface area contributed by atoms with Crippen LogP contribution in [0.2, 0.25) is 10.0 Å². The van der Waals surface area contributed by atoms with Crippen molar-refractivity contribution in [3.63, 3.8) is 0 Å². The maximum absolute atomic E-state index is 12.7. The van der Waals surface area contributed by atoms with Gasteiger partial charge in [-0.15, -0.1) is 0 Å². The van der Waals surface area contributed by atoms with Gasteiger partial charge in [0.25, 0.3) is 10.0 Å². The zero-order valence-corrected chi connectivity index (χ0v) is 19.8. The van der Waals surface area contributed by atoms with E-state index in [0.717, 1.165) is 23.2 Å². The van der Waals surface area contributed by atoms with Gasteiger partial charge < -0.3 is 4.90 Å². The Morgan fingerprint density at radius 3 is 2.17 bits per heavy atom. The predicted molar refractivity (Wildman–Crippen MR) is 128 cm³/mol. The topological polar surface area (TPSA) is 49.4 Å². The van der Waals surface area contributed by atoms with Crippen molar-refractivity contribution in [2.75, 3.05) is 18.8 Å². The Morgan fingerprint density at radius 1 is 0.900 bits per heavy atom. The zero-order valence-electron chi connectivity index (χ0n) is 17.5. The van der Waals surface area contributed by atoms with Gasteiger partial charge in [-0.3, -0.25) is 4.72 Å². The molecule has 1 N–H and O–H groups in total. The molecule has 7 heteroatoms. The van der Waals surface area contributed by atoms with Gasteiger partial charge >= 0.3 is 0 Å². The van der Waals surface area contributed by atoms with Crippen LogP contribution in [-0.4, -0.2) is 27.4 Å². The number of sulfonamides is 1. The highest BCUT2D eigenvalue weighted by Gasteiger charge is 2.15. The van der Waals surface area contributed by atoms with E-state index in [1.807, 2.05) is 57.1 Å². The number of benzene rings is 3. The summed E-state index contributed by atoms with van der Waals surface area (Å²) in [5.74, 6) is 0.